The van der Waals surface area contributed by atoms with Gasteiger partial charge in [-0.25, -0.2) is 0 Å². The average Bonchev–Trinajstić information content (AvgIpc) is 3.11. The van der Waals surface area contributed by atoms with Crippen molar-refractivity contribution in [1.82, 2.24) is 15.4 Å². The van der Waals surface area contributed by atoms with Crippen molar-refractivity contribution in [3.63, 3.8) is 0 Å². The maximum Gasteiger partial charge on any atom is 0.235 e. The molecule has 0 saturated carbocycles. The first kappa shape index (κ1) is 17.7. The molecule has 1 aliphatic rings. The number of anilines is 1. The summed E-state index contributed by atoms with van der Waals surface area (Å²) in [5.74, 6) is 2.53. The van der Waals surface area contributed by atoms with Crippen LogP contribution in [0.5, 0.6) is 5.75 Å². The Morgan fingerprint density at radius 1 is 1.26 bits per heavy atom. The fourth-order valence-corrected chi connectivity index (χ4v) is 4.32. The molecule has 1 aliphatic heterocycles. The zero-order chi connectivity index (χ0) is 19.0. The van der Waals surface area contributed by atoms with Crippen LogP contribution in [-0.4, -0.2) is 27.0 Å². The number of ether oxygens (including phenoxy) is 1. The van der Waals surface area contributed by atoms with Crippen LogP contribution < -0.4 is 10.1 Å². The lowest BCUT2D eigenvalue weighted by Gasteiger charge is -2.16. The number of benzene rings is 1. The van der Waals surface area contributed by atoms with Gasteiger partial charge in [-0.1, -0.05) is 17.3 Å². The highest BCUT2D eigenvalue weighted by Crippen LogP contribution is 2.42. The number of hydrogen-bond acceptors (Lipinski definition) is 6. The topological polar surface area (TPSA) is 93.0 Å². The Kier molecular flexibility index (Phi) is 4.65. The molecule has 8 heteroatoms. The first-order valence-electron chi connectivity index (χ1n) is 8.63. The highest BCUT2D eigenvalue weighted by Gasteiger charge is 2.28. The minimum absolute atomic E-state index is 0.0327. The van der Waals surface area contributed by atoms with E-state index < -0.39 is 0 Å². The van der Waals surface area contributed by atoms with E-state index in [0.29, 0.717) is 18.2 Å². The Labute approximate surface area is 160 Å². The number of hydrogen-bond donors (Lipinski definition) is 2. The fourth-order valence-electron chi connectivity index (χ4n) is 3.13. The quantitative estimate of drug-likeness (QED) is 0.713. The minimum Gasteiger partial charge on any atom is -0.489 e. The van der Waals surface area contributed by atoms with Gasteiger partial charge in [-0.2, -0.15) is 5.10 Å². The molecule has 0 bridgehead atoms. The molecule has 0 spiro atoms. The van der Waals surface area contributed by atoms with E-state index in [0.717, 1.165) is 39.6 Å². The predicted molar refractivity (Wildman–Crippen MR) is 103 cm³/mol. The van der Waals surface area contributed by atoms with Gasteiger partial charge in [0.2, 0.25) is 5.91 Å². The van der Waals surface area contributed by atoms with Crippen LogP contribution >= 0.6 is 11.8 Å². The molecule has 2 aromatic heterocycles. The van der Waals surface area contributed by atoms with Gasteiger partial charge >= 0.3 is 0 Å². The summed E-state index contributed by atoms with van der Waals surface area (Å²) in [7, 11) is 0. The van der Waals surface area contributed by atoms with E-state index >= 15 is 0 Å². The van der Waals surface area contributed by atoms with E-state index in [2.05, 4.69) is 20.7 Å². The molecule has 1 atom stereocenters. The summed E-state index contributed by atoms with van der Waals surface area (Å²) in [4.78, 5) is 11.9. The molecule has 0 radical (unpaired) electrons. The molecule has 27 heavy (non-hydrogen) atoms. The van der Waals surface area contributed by atoms with Crippen molar-refractivity contribution in [3.8, 4) is 5.75 Å². The number of aromatic nitrogens is 3. The van der Waals surface area contributed by atoms with Crippen molar-refractivity contribution >= 4 is 23.5 Å². The Morgan fingerprint density at radius 3 is 2.74 bits per heavy atom. The maximum absolute atomic E-state index is 11.9. The highest BCUT2D eigenvalue weighted by molar-refractivity contribution is 8.00. The Balaban J connectivity index is 1.54. The number of amides is 1. The van der Waals surface area contributed by atoms with Gasteiger partial charge in [0.05, 0.1) is 22.3 Å². The predicted octanol–water partition coefficient (Wildman–Crippen LogP) is 3.68. The number of carbonyl (C=O) groups is 1. The van der Waals surface area contributed by atoms with Crippen LogP contribution in [0.15, 0.2) is 28.8 Å². The number of thioether (sulfide) groups is 1. The third kappa shape index (κ3) is 3.44. The number of nitrogens with one attached hydrogen (secondary N) is 2. The van der Waals surface area contributed by atoms with Gasteiger partial charge in [-0.15, -0.1) is 11.8 Å². The number of fused-ring (bicyclic) bond motifs is 1. The number of nitrogens with zero attached hydrogens (tertiary/aromatic N) is 2. The lowest BCUT2D eigenvalue weighted by Crippen LogP contribution is -2.12. The molecule has 3 heterocycles. The molecule has 1 aromatic carbocycles. The second-order valence-electron chi connectivity index (χ2n) is 6.51. The maximum atomic E-state index is 11.9. The van der Waals surface area contributed by atoms with Gasteiger partial charge in [-0.3, -0.25) is 9.89 Å². The lowest BCUT2D eigenvalue weighted by atomic mass is 10.0. The first-order valence-corrected chi connectivity index (χ1v) is 9.68. The molecule has 0 unspecified atom stereocenters. The largest absolute Gasteiger partial charge is 0.489 e. The Morgan fingerprint density at radius 2 is 2.04 bits per heavy atom. The van der Waals surface area contributed by atoms with E-state index in [1.165, 1.54) is 0 Å². The van der Waals surface area contributed by atoms with E-state index in [-0.39, 0.29) is 11.2 Å². The highest BCUT2D eigenvalue weighted by atomic mass is 32.2. The van der Waals surface area contributed by atoms with Crippen LogP contribution in [-0.2, 0) is 11.4 Å². The average molecular weight is 384 g/mol. The molecule has 7 nitrogen and oxygen atoms in total. The summed E-state index contributed by atoms with van der Waals surface area (Å²) in [6.45, 7) is 6.17. The summed E-state index contributed by atoms with van der Waals surface area (Å²) >= 11 is 1.59. The number of H-pyrrole nitrogens is 1. The first-order chi connectivity index (χ1) is 13.0. The number of rotatable bonds is 4. The normalized spacial score (nSPS) is 16.6. The summed E-state index contributed by atoms with van der Waals surface area (Å²) in [5, 5.41) is 14.0. The minimum atomic E-state index is -0.0327. The molecule has 1 amide bonds. The summed E-state index contributed by atoms with van der Waals surface area (Å²) in [6, 6.07) is 7.96. The third-order valence-corrected chi connectivity index (χ3v) is 5.91. The zero-order valence-electron chi connectivity index (χ0n) is 15.3. The molecule has 0 fully saturated rings. The third-order valence-electron chi connectivity index (χ3n) is 4.64. The smallest absolute Gasteiger partial charge is 0.235 e. The van der Waals surface area contributed by atoms with Crippen LogP contribution in [0.3, 0.4) is 0 Å². The molecule has 4 rings (SSSR count). The molecule has 0 saturated heterocycles. The van der Waals surface area contributed by atoms with Gasteiger partial charge in [-0.05, 0) is 38.5 Å². The SMILES string of the molecule is Cc1noc(C)c1COc1ccc([C@@H]2SCC(=O)Nc3n[nH]c(C)c32)cc1. The van der Waals surface area contributed by atoms with Crippen LogP contribution in [0.4, 0.5) is 5.82 Å². The summed E-state index contributed by atoms with van der Waals surface area (Å²) in [5.41, 5.74) is 4.91. The lowest BCUT2D eigenvalue weighted by molar-refractivity contribution is -0.113. The van der Waals surface area contributed by atoms with E-state index in [4.69, 9.17) is 9.26 Å². The van der Waals surface area contributed by atoms with Gasteiger partial charge < -0.3 is 14.6 Å². The fraction of sp³-hybridized carbons (Fsp3) is 0.316. The van der Waals surface area contributed by atoms with Crippen LogP contribution in [0.1, 0.15) is 39.1 Å². The van der Waals surface area contributed by atoms with Crippen molar-refractivity contribution in [3.05, 3.63) is 58.1 Å². The van der Waals surface area contributed by atoms with Crippen molar-refractivity contribution in [1.29, 1.82) is 0 Å². The summed E-state index contributed by atoms with van der Waals surface area (Å²) in [6.07, 6.45) is 0. The van der Waals surface area contributed by atoms with Crippen LogP contribution in [0, 0.1) is 20.8 Å². The molecule has 2 N–H and O–H groups in total. The van der Waals surface area contributed by atoms with Crippen LogP contribution in [0.2, 0.25) is 0 Å². The van der Waals surface area contributed by atoms with Gasteiger partial charge in [0.15, 0.2) is 5.82 Å². The van der Waals surface area contributed by atoms with Crippen molar-refractivity contribution < 1.29 is 14.1 Å². The Hall–Kier alpha value is -2.74. The number of aromatic amines is 1. The van der Waals surface area contributed by atoms with Crippen LogP contribution in [0.25, 0.3) is 0 Å². The van der Waals surface area contributed by atoms with E-state index in [1.807, 2.05) is 45.0 Å². The van der Waals surface area contributed by atoms with E-state index in [9.17, 15) is 4.79 Å². The molecule has 140 valence electrons. The molecule has 0 aliphatic carbocycles. The van der Waals surface area contributed by atoms with Crippen molar-refractivity contribution in [2.75, 3.05) is 11.1 Å². The second-order valence-corrected chi connectivity index (χ2v) is 7.60. The molecular weight excluding hydrogens is 364 g/mol. The van der Waals surface area contributed by atoms with Gasteiger partial charge in [0.25, 0.3) is 0 Å². The van der Waals surface area contributed by atoms with Crippen molar-refractivity contribution in [2.24, 2.45) is 0 Å². The van der Waals surface area contributed by atoms with Crippen molar-refractivity contribution in [2.45, 2.75) is 32.6 Å². The standard InChI is InChI=1S/C19H20N4O3S/c1-10-15(12(3)26-23-10)8-25-14-6-4-13(5-7-14)18-17-11(2)21-22-19(17)20-16(24)9-27-18/h4-7,18H,8-9H2,1-3H3,(H2,20,21,22,24)/t18-/m0/s1. The summed E-state index contributed by atoms with van der Waals surface area (Å²) < 4.78 is 11.0. The Bertz CT molecular complexity index is 958. The van der Waals surface area contributed by atoms with Gasteiger partial charge in [0.1, 0.15) is 18.1 Å². The number of aryl methyl sites for hydroxylation is 3. The molecular formula is C19H20N4O3S. The zero-order valence-corrected chi connectivity index (χ0v) is 16.1. The number of carbonyl (C=O) groups excluding carboxylic acids is 1. The van der Waals surface area contributed by atoms with Gasteiger partial charge in [0, 0.05) is 11.3 Å². The molecule has 3 aromatic rings. The monoisotopic (exact) mass is 384 g/mol. The van der Waals surface area contributed by atoms with E-state index in [1.54, 1.807) is 11.8 Å². The second kappa shape index (κ2) is 7.11.